The third kappa shape index (κ3) is 5.56. The molecular weight excluding hydrogens is 520 g/mol. The van der Waals surface area contributed by atoms with Crippen molar-refractivity contribution < 1.29 is 13.9 Å². The third-order valence-electron chi connectivity index (χ3n) is 5.54. The molecule has 0 aliphatic carbocycles. The lowest BCUT2D eigenvalue weighted by atomic mass is 10.1. The van der Waals surface area contributed by atoms with E-state index in [0.29, 0.717) is 51.6 Å². The van der Waals surface area contributed by atoms with E-state index >= 15 is 0 Å². The SMILES string of the molecule is C=CC(=O)Nc1ccc(F)c(Nc2nc(Nc3cnn(C4COC4)c3)ncc2-c2ccc(Cl)c(Cl)c2)c1. The number of hydrogen-bond donors (Lipinski definition) is 3. The van der Waals surface area contributed by atoms with Gasteiger partial charge in [-0.3, -0.25) is 9.48 Å². The molecule has 9 nitrogen and oxygen atoms in total. The Bertz CT molecular complexity index is 1490. The molecule has 1 fully saturated rings. The zero-order valence-corrected chi connectivity index (χ0v) is 20.7. The van der Waals surface area contributed by atoms with Crippen molar-refractivity contribution >= 4 is 57.9 Å². The van der Waals surface area contributed by atoms with Crippen LogP contribution in [0.2, 0.25) is 10.0 Å². The predicted molar refractivity (Wildman–Crippen MR) is 141 cm³/mol. The number of amides is 1. The largest absolute Gasteiger partial charge is 0.377 e. The first-order valence-corrected chi connectivity index (χ1v) is 11.9. The first-order valence-electron chi connectivity index (χ1n) is 11.1. The average Bonchev–Trinajstić information content (AvgIpc) is 3.29. The van der Waals surface area contributed by atoms with Crippen molar-refractivity contribution in [1.29, 1.82) is 0 Å². The van der Waals surface area contributed by atoms with Gasteiger partial charge in [-0.25, -0.2) is 9.37 Å². The monoisotopic (exact) mass is 539 g/mol. The molecule has 0 unspecified atom stereocenters. The normalized spacial score (nSPS) is 13.1. The Morgan fingerprint density at radius 3 is 2.68 bits per heavy atom. The second kappa shape index (κ2) is 10.6. The van der Waals surface area contributed by atoms with E-state index in [1.54, 1.807) is 30.6 Å². The molecule has 1 saturated heterocycles. The number of rotatable bonds is 8. The van der Waals surface area contributed by atoms with Gasteiger partial charge < -0.3 is 20.7 Å². The van der Waals surface area contributed by atoms with Crippen LogP contribution in [0.4, 0.5) is 33.2 Å². The van der Waals surface area contributed by atoms with Gasteiger partial charge in [-0.05, 0) is 42.0 Å². The summed E-state index contributed by atoms with van der Waals surface area (Å²) >= 11 is 12.3. The van der Waals surface area contributed by atoms with Crippen LogP contribution in [-0.4, -0.2) is 38.9 Å². The second-order valence-electron chi connectivity index (χ2n) is 8.12. The maximum atomic E-state index is 14.8. The van der Waals surface area contributed by atoms with E-state index in [9.17, 15) is 9.18 Å². The summed E-state index contributed by atoms with van der Waals surface area (Å²) in [5.74, 6) is -0.417. The van der Waals surface area contributed by atoms with E-state index in [1.807, 2.05) is 10.9 Å². The fraction of sp³-hybridized carbons (Fsp3) is 0.120. The highest BCUT2D eigenvalue weighted by atomic mass is 35.5. The molecule has 188 valence electrons. The fourth-order valence-electron chi connectivity index (χ4n) is 3.54. The molecule has 1 amide bonds. The van der Waals surface area contributed by atoms with Gasteiger partial charge in [-0.2, -0.15) is 10.1 Å². The van der Waals surface area contributed by atoms with Gasteiger partial charge in [0.15, 0.2) is 0 Å². The van der Waals surface area contributed by atoms with E-state index < -0.39 is 11.7 Å². The molecule has 4 aromatic rings. The van der Waals surface area contributed by atoms with E-state index in [-0.39, 0.29) is 17.7 Å². The number of halogens is 3. The van der Waals surface area contributed by atoms with Crippen LogP contribution in [0.25, 0.3) is 11.1 Å². The number of nitrogens with one attached hydrogen (secondary N) is 3. The standard InChI is InChI=1S/C25H20Cl2FN7O2/c1-2-23(36)31-15-4-6-21(28)22(8-15)33-24-18(14-3-5-19(26)20(27)7-14)10-29-25(34-24)32-16-9-30-35(11-16)17-12-37-13-17/h2-11,17H,1,12-13H2,(H,31,36)(H2,29,32,33,34). The first kappa shape index (κ1) is 24.7. The Labute approximate surface area is 221 Å². The third-order valence-corrected chi connectivity index (χ3v) is 6.28. The number of hydrogen-bond acceptors (Lipinski definition) is 7. The molecule has 0 spiro atoms. The predicted octanol–water partition coefficient (Wildman–Crippen LogP) is 5.97. The Morgan fingerprint density at radius 1 is 1.11 bits per heavy atom. The van der Waals surface area contributed by atoms with Crippen LogP contribution in [0.3, 0.4) is 0 Å². The number of carbonyl (C=O) groups is 1. The Balaban J connectivity index is 1.50. The van der Waals surface area contributed by atoms with Crippen molar-refractivity contribution in [2.24, 2.45) is 0 Å². The van der Waals surface area contributed by atoms with Crippen LogP contribution in [0.15, 0.2) is 67.6 Å². The molecule has 0 radical (unpaired) electrons. The molecular formula is C25H20Cl2FN7O2. The van der Waals surface area contributed by atoms with Crippen molar-refractivity contribution in [3.8, 4) is 11.1 Å². The molecule has 2 aromatic carbocycles. The number of ether oxygens (including phenoxy) is 1. The number of benzene rings is 2. The van der Waals surface area contributed by atoms with Gasteiger partial charge in [-0.1, -0.05) is 35.8 Å². The molecule has 0 bridgehead atoms. The maximum absolute atomic E-state index is 14.8. The Morgan fingerprint density at radius 2 is 1.95 bits per heavy atom. The summed E-state index contributed by atoms with van der Waals surface area (Å²) in [5.41, 5.74) is 2.36. The summed E-state index contributed by atoms with van der Waals surface area (Å²) in [4.78, 5) is 20.7. The van der Waals surface area contributed by atoms with Crippen molar-refractivity contribution in [2.45, 2.75) is 6.04 Å². The van der Waals surface area contributed by atoms with Crippen molar-refractivity contribution in [2.75, 3.05) is 29.2 Å². The van der Waals surface area contributed by atoms with Crippen LogP contribution < -0.4 is 16.0 Å². The van der Waals surface area contributed by atoms with Gasteiger partial charge >= 0.3 is 0 Å². The summed E-state index contributed by atoms with van der Waals surface area (Å²) in [6.07, 6.45) is 6.21. The smallest absolute Gasteiger partial charge is 0.247 e. The van der Waals surface area contributed by atoms with Crippen LogP contribution in [0.1, 0.15) is 6.04 Å². The summed E-state index contributed by atoms with van der Waals surface area (Å²) in [6.45, 7) is 4.65. The minimum Gasteiger partial charge on any atom is -0.377 e. The quantitative estimate of drug-likeness (QED) is 0.237. The second-order valence-corrected chi connectivity index (χ2v) is 8.94. The minimum atomic E-state index is -0.547. The number of carbonyl (C=O) groups excluding carboxylic acids is 1. The topological polar surface area (TPSA) is 106 Å². The van der Waals surface area contributed by atoms with Crippen LogP contribution in [-0.2, 0) is 9.53 Å². The zero-order chi connectivity index (χ0) is 25.9. The summed E-state index contributed by atoms with van der Waals surface area (Å²) in [7, 11) is 0. The molecule has 0 atom stereocenters. The summed E-state index contributed by atoms with van der Waals surface area (Å²) in [5, 5.41) is 13.8. The van der Waals surface area contributed by atoms with Crippen LogP contribution in [0, 0.1) is 5.82 Å². The van der Waals surface area contributed by atoms with E-state index in [2.05, 4.69) is 37.6 Å². The van der Waals surface area contributed by atoms with Crippen LogP contribution >= 0.6 is 23.2 Å². The lowest BCUT2D eigenvalue weighted by molar-refractivity contribution is -0.111. The molecule has 1 aliphatic rings. The summed E-state index contributed by atoms with van der Waals surface area (Å²) in [6, 6.07) is 9.41. The van der Waals surface area contributed by atoms with Crippen LogP contribution in [0.5, 0.6) is 0 Å². The van der Waals surface area contributed by atoms with Gasteiger partial charge in [0.05, 0.1) is 46.9 Å². The summed E-state index contributed by atoms with van der Waals surface area (Å²) < 4.78 is 21.8. The lowest BCUT2D eigenvalue weighted by Gasteiger charge is -2.25. The van der Waals surface area contributed by atoms with Crippen molar-refractivity contribution in [3.63, 3.8) is 0 Å². The molecule has 1 aliphatic heterocycles. The highest BCUT2D eigenvalue weighted by molar-refractivity contribution is 6.42. The van der Waals surface area contributed by atoms with Gasteiger partial charge in [-0.15, -0.1) is 0 Å². The molecule has 0 saturated carbocycles. The van der Waals surface area contributed by atoms with Gasteiger partial charge in [0.25, 0.3) is 0 Å². The highest BCUT2D eigenvalue weighted by Gasteiger charge is 2.21. The van der Waals surface area contributed by atoms with Gasteiger partial charge in [0, 0.05) is 23.6 Å². The number of anilines is 5. The minimum absolute atomic E-state index is 0.0885. The molecule has 3 heterocycles. The van der Waals surface area contributed by atoms with E-state index in [4.69, 9.17) is 27.9 Å². The highest BCUT2D eigenvalue weighted by Crippen LogP contribution is 2.34. The molecule has 3 N–H and O–H groups in total. The van der Waals surface area contributed by atoms with Gasteiger partial charge in [0.2, 0.25) is 11.9 Å². The Kier molecular flexibility index (Phi) is 7.04. The average molecular weight is 540 g/mol. The van der Waals surface area contributed by atoms with Crippen molar-refractivity contribution in [3.05, 3.63) is 83.5 Å². The number of aromatic nitrogens is 4. The maximum Gasteiger partial charge on any atom is 0.247 e. The van der Waals surface area contributed by atoms with E-state index in [1.165, 1.54) is 18.2 Å². The molecule has 12 heteroatoms. The van der Waals surface area contributed by atoms with E-state index in [0.717, 1.165) is 6.08 Å². The molecule has 5 rings (SSSR count). The lowest BCUT2D eigenvalue weighted by Crippen LogP contribution is -2.30. The number of nitrogens with zero attached hydrogens (tertiary/aromatic N) is 4. The first-order chi connectivity index (χ1) is 17.9. The molecule has 37 heavy (non-hydrogen) atoms. The Hall–Kier alpha value is -3.99. The fourth-order valence-corrected chi connectivity index (χ4v) is 3.84. The zero-order valence-electron chi connectivity index (χ0n) is 19.2. The van der Waals surface area contributed by atoms with Crippen molar-refractivity contribution in [1.82, 2.24) is 19.7 Å². The molecule has 2 aromatic heterocycles. The van der Waals surface area contributed by atoms with Gasteiger partial charge in [0.1, 0.15) is 11.6 Å².